The van der Waals surface area contributed by atoms with Gasteiger partial charge in [0.05, 0.1) is 0 Å². The summed E-state index contributed by atoms with van der Waals surface area (Å²) in [7, 11) is -4.40. The second-order valence-corrected chi connectivity index (χ2v) is 7.31. The van der Waals surface area contributed by atoms with Crippen LogP contribution in [0.4, 0.5) is 17.6 Å². The third-order valence-electron chi connectivity index (χ3n) is 4.08. The largest absolute Gasteiger partial charge is 0.241 e. The molecule has 2 N–H and O–H groups in total. The Hall–Kier alpha value is -2.19. The molecule has 132 valence electrons. The Kier molecular flexibility index (Phi) is 4.42. The summed E-state index contributed by atoms with van der Waals surface area (Å²) >= 11 is 0. The van der Waals surface area contributed by atoms with Crippen LogP contribution in [-0.4, -0.2) is 8.42 Å². The highest BCUT2D eigenvalue weighted by Gasteiger charge is 2.24. The molecular formula is C17H13F4NO2S. The number of hydrogen-bond donors (Lipinski definition) is 1. The molecule has 2 aromatic rings. The molecule has 2 aromatic carbocycles. The van der Waals surface area contributed by atoms with Gasteiger partial charge in [-0.25, -0.2) is 31.1 Å². The first kappa shape index (κ1) is 17.6. The molecule has 0 saturated heterocycles. The van der Waals surface area contributed by atoms with Crippen molar-refractivity contribution in [3.8, 4) is 0 Å². The van der Waals surface area contributed by atoms with Crippen LogP contribution in [0, 0.1) is 23.3 Å². The molecule has 0 saturated carbocycles. The summed E-state index contributed by atoms with van der Waals surface area (Å²) < 4.78 is 77.9. The number of primary sulfonamides is 1. The van der Waals surface area contributed by atoms with Crippen molar-refractivity contribution in [1.29, 1.82) is 0 Å². The molecule has 0 spiro atoms. The van der Waals surface area contributed by atoms with Crippen molar-refractivity contribution in [2.24, 2.45) is 5.14 Å². The second-order valence-electron chi connectivity index (χ2n) is 5.78. The monoisotopic (exact) mass is 371 g/mol. The zero-order chi connectivity index (χ0) is 18.4. The van der Waals surface area contributed by atoms with Crippen molar-refractivity contribution >= 4 is 21.2 Å². The summed E-state index contributed by atoms with van der Waals surface area (Å²) in [6.07, 6.45) is 1.41. The van der Waals surface area contributed by atoms with Gasteiger partial charge < -0.3 is 0 Å². The van der Waals surface area contributed by atoms with Gasteiger partial charge in [0.2, 0.25) is 10.0 Å². The number of nitrogens with two attached hydrogens (primary N) is 1. The van der Waals surface area contributed by atoms with Gasteiger partial charge in [-0.05, 0) is 60.2 Å². The van der Waals surface area contributed by atoms with Gasteiger partial charge in [0.15, 0.2) is 0 Å². The van der Waals surface area contributed by atoms with E-state index in [0.717, 1.165) is 24.3 Å². The first-order chi connectivity index (χ1) is 11.7. The van der Waals surface area contributed by atoms with Crippen molar-refractivity contribution in [3.63, 3.8) is 0 Å². The topological polar surface area (TPSA) is 60.2 Å². The maximum atomic E-state index is 14.4. The van der Waals surface area contributed by atoms with Crippen molar-refractivity contribution in [3.05, 3.63) is 64.7 Å². The Morgan fingerprint density at radius 1 is 0.800 bits per heavy atom. The summed E-state index contributed by atoms with van der Waals surface area (Å²) in [4.78, 5) is -0.939. The van der Waals surface area contributed by atoms with E-state index in [0.29, 0.717) is 36.5 Å². The standard InChI is InChI=1S/C17H13F4NO2S/c18-10-4-9(5-11(19)6-10)12-2-1-3-13(12)14-7-16(21)17(8-15(14)20)25(22,23)24/h4-8H,1-3H2,(H2,22,23,24). The SMILES string of the molecule is NS(=O)(=O)c1cc(F)c(C2=C(c3cc(F)cc(F)c3)CCC2)cc1F. The number of hydrogen-bond acceptors (Lipinski definition) is 2. The molecule has 25 heavy (non-hydrogen) atoms. The number of benzene rings is 2. The summed E-state index contributed by atoms with van der Waals surface area (Å²) in [6, 6.07) is 4.24. The molecule has 0 radical (unpaired) electrons. The average Bonchev–Trinajstić information content (AvgIpc) is 2.96. The van der Waals surface area contributed by atoms with E-state index in [2.05, 4.69) is 0 Å². The Bertz CT molecular complexity index is 980. The van der Waals surface area contributed by atoms with Gasteiger partial charge in [-0.3, -0.25) is 0 Å². The highest BCUT2D eigenvalue weighted by molar-refractivity contribution is 7.89. The molecular weight excluding hydrogens is 358 g/mol. The Labute approximate surface area is 141 Å². The molecule has 0 amide bonds. The fraction of sp³-hybridized carbons (Fsp3) is 0.176. The number of sulfonamides is 1. The van der Waals surface area contributed by atoms with Crippen molar-refractivity contribution in [2.75, 3.05) is 0 Å². The molecule has 8 heteroatoms. The Balaban J connectivity index is 2.19. The summed E-state index contributed by atoms with van der Waals surface area (Å²) in [5, 5.41) is 4.85. The van der Waals surface area contributed by atoms with Crippen LogP contribution in [0.25, 0.3) is 11.1 Å². The molecule has 0 unspecified atom stereocenters. The van der Waals surface area contributed by atoms with E-state index in [4.69, 9.17) is 5.14 Å². The van der Waals surface area contributed by atoms with Crippen molar-refractivity contribution < 1.29 is 26.0 Å². The Morgan fingerprint density at radius 2 is 1.40 bits per heavy atom. The first-order valence-electron chi connectivity index (χ1n) is 7.37. The van der Waals surface area contributed by atoms with Crippen LogP contribution in [0.15, 0.2) is 35.2 Å². The lowest BCUT2D eigenvalue weighted by Crippen LogP contribution is -2.15. The van der Waals surface area contributed by atoms with Gasteiger partial charge in [-0.1, -0.05) is 0 Å². The third kappa shape index (κ3) is 3.45. The van der Waals surface area contributed by atoms with Crippen LogP contribution in [0.5, 0.6) is 0 Å². The van der Waals surface area contributed by atoms with Crippen molar-refractivity contribution in [1.82, 2.24) is 0 Å². The minimum atomic E-state index is -4.40. The maximum absolute atomic E-state index is 14.4. The summed E-state index contributed by atoms with van der Waals surface area (Å²) in [6.45, 7) is 0. The van der Waals surface area contributed by atoms with Gasteiger partial charge in [-0.15, -0.1) is 0 Å². The quantitative estimate of drug-likeness (QED) is 0.830. The summed E-state index contributed by atoms with van der Waals surface area (Å²) in [5.41, 5.74) is 1.00. The van der Waals surface area contributed by atoms with E-state index in [1.165, 1.54) is 0 Å². The van der Waals surface area contributed by atoms with Gasteiger partial charge in [0.1, 0.15) is 28.2 Å². The number of allylic oxidation sites excluding steroid dienone is 2. The lowest BCUT2D eigenvalue weighted by atomic mass is 9.96. The van der Waals surface area contributed by atoms with Gasteiger partial charge >= 0.3 is 0 Å². The Morgan fingerprint density at radius 3 is 2.00 bits per heavy atom. The average molecular weight is 371 g/mol. The number of rotatable bonds is 3. The highest BCUT2D eigenvalue weighted by atomic mass is 32.2. The molecule has 0 bridgehead atoms. The first-order valence-corrected chi connectivity index (χ1v) is 8.92. The normalized spacial score (nSPS) is 15.1. The van der Waals surface area contributed by atoms with Crippen LogP contribution >= 0.6 is 0 Å². The molecule has 1 aliphatic rings. The molecule has 0 atom stereocenters. The predicted octanol–water partition coefficient (Wildman–Crippen LogP) is 3.99. The smallest absolute Gasteiger partial charge is 0.225 e. The molecule has 0 fully saturated rings. The van der Waals surface area contributed by atoms with Crippen molar-refractivity contribution in [2.45, 2.75) is 24.2 Å². The van der Waals surface area contributed by atoms with E-state index in [9.17, 15) is 26.0 Å². The number of halogens is 4. The van der Waals surface area contributed by atoms with Crippen LogP contribution in [-0.2, 0) is 10.0 Å². The van der Waals surface area contributed by atoms with Crippen LogP contribution < -0.4 is 5.14 Å². The molecule has 3 nitrogen and oxygen atoms in total. The zero-order valence-electron chi connectivity index (χ0n) is 12.8. The maximum Gasteiger partial charge on any atom is 0.241 e. The van der Waals surface area contributed by atoms with E-state index in [1.807, 2.05) is 0 Å². The predicted molar refractivity (Wildman–Crippen MR) is 84.8 cm³/mol. The molecule has 0 aliphatic heterocycles. The second kappa shape index (κ2) is 6.27. The van der Waals surface area contributed by atoms with Crippen LogP contribution in [0.2, 0.25) is 0 Å². The minimum Gasteiger partial charge on any atom is -0.225 e. The van der Waals surface area contributed by atoms with Gasteiger partial charge in [0, 0.05) is 11.6 Å². The van der Waals surface area contributed by atoms with E-state index >= 15 is 0 Å². The zero-order valence-corrected chi connectivity index (χ0v) is 13.6. The molecule has 0 aromatic heterocycles. The fourth-order valence-corrected chi connectivity index (χ4v) is 3.66. The van der Waals surface area contributed by atoms with Crippen LogP contribution in [0.3, 0.4) is 0 Å². The minimum absolute atomic E-state index is 0.137. The molecule has 3 rings (SSSR count). The third-order valence-corrected chi connectivity index (χ3v) is 5.01. The molecule has 0 heterocycles. The van der Waals surface area contributed by atoms with Gasteiger partial charge in [-0.2, -0.15) is 0 Å². The van der Waals surface area contributed by atoms with E-state index < -0.39 is 38.2 Å². The van der Waals surface area contributed by atoms with E-state index in [-0.39, 0.29) is 11.1 Å². The fourth-order valence-electron chi connectivity index (χ4n) is 3.07. The lowest BCUT2D eigenvalue weighted by molar-refractivity contribution is 0.552. The van der Waals surface area contributed by atoms with E-state index in [1.54, 1.807) is 0 Å². The highest BCUT2D eigenvalue weighted by Crippen LogP contribution is 2.41. The van der Waals surface area contributed by atoms with Gasteiger partial charge in [0.25, 0.3) is 0 Å². The molecule has 1 aliphatic carbocycles. The lowest BCUT2D eigenvalue weighted by Gasteiger charge is -2.11. The summed E-state index contributed by atoms with van der Waals surface area (Å²) in [5.74, 6) is -3.69. The van der Waals surface area contributed by atoms with Crippen LogP contribution in [0.1, 0.15) is 30.4 Å².